The molecular weight excluding hydrogens is 192 g/mol. The van der Waals surface area contributed by atoms with Gasteiger partial charge in [-0.1, -0.05) is 6.42 Å². The molecule has 0 aromatic carbocycles. The molecule has 4 heteroatoms. The van der Waals surface area contributed by atoms with Crippen molar-refractivity contribution in [3.8, 4) is 0 Å². The minimum absolute atomic E-state index is 0.468. The van der Waals surface area contributed by atoms with Gasteiger partial charge in [0.25, 0.3) is 0 Å². The monoisotopic (exact) mass is 214 g/mol. The number of piperidine rings is 1. The van der Waals surface area contributed by atoms with Gasteiger partial charge < -0.3 is 15.7 Å². The first kappa shape index (κ1) is 12.5. The fourth-order valence-corrected chi connectivity index (χ4v) is 2.09. The van der Waals surface area contributed by atoms with Crippen LogP contribution in [0.3, 0.4) is 0 Å². The molecule has 1 fully saturated rings. The molecule has 0 radical (unpaired) electrons. The van der Waals surface area contributed by atoms with Crippen molar-refractivity contribution in [2.75, 3.05) is 13.1 Å². The molecule has 1 rings (SSSR count). The zero-order chi connectivity index (χ0) is 11.3. The first-order valence-corrected chi connectivity index (χ1v) is 5.83. The maximum absolute atomic E-state index is 10.5. The van der Waals surface area contributed by atoms with Crippen molar-refractivity contribution in [3.05, 3.63) is 0 Å². The third kappa shape index (κ3) is 4.18. The Balaban J connectivity index is 2.22. The number of hydrogen-bond acceptors (Lipinski definition) is 3. The first-order valence-electron chi connectivity index (χ1n) is 5.83. The van der Waals surface area contributed by atoms with Gasteiger partial charge in [0.2, 0.25) is 0 Å². The fourth-order valence-electron chi connectivity index (χ4n) is 2.09. The van der Waals surface area contributed by atoms with Crippen LogP contribution in [0.25, 0.3) is 0 Å². The molecule has 88 valence electrons. The van der Waals surface area contributed by atoms with E-state index in [4.69, 9.17) is 10.8 Å². The van der Waals surface area contributed by atoms with E-state index in [9.17, 15) is 4.79 Å². The van der Waals surface area contributed by atoms with Gasteiger partial charge in [0, 0.05) is 6.04 Å². The van der Waals surface area contributed by atoms with Crippen LogP contribution in [0.2, 0.25) is 0 Å². The highest BCUT2D eigenvalue weighted by molar-refractivity contribution is 5.72. The van der Waals surface area contributed by atoms with Crippen LogP contribution in [-0.4, -0.2) is 41.1 Å². The molecule has 1 aliphatic heterocycles. The summed E-state index contributed by atoms with van der Waals surface area (Å²) in [5.41, 5.74) is 5.48. The summed E-state index contributed by atoms with van der Waals surface area (Å²) in [6.07, 6.45) is 5.34. The Kier molecular flexibility index (Phi) is 5.05. The number of carboxylic acid groups (broad SMARTS) is 1. The average molecular weight is 214 g/mol. The largest absolute Gasteiger partial charge is 0.480 e. The number of carbonyl (C=O) groups is 1. The molecule has 3 N–H and O–H groups in total. The quantitative estimate of drug-likeness (QED) is 0.718. The minimum Gasteiger partial charge on any atom is -0.480 e. The number of nitrogens with two attached hydrogens (primary N) is 1. The summed E-state index contributed by atoms with van der Waals surface area (Å²) < 4.78 is 0. The summed E-state index contributed by atoms with van der Waals surface area (Å²) in [6, 6.07) is -0.229. The lowest BCUT2D eigenvalue weighted by Gasteiger charge is -2.32. The molecule has 1 saturated heterocycles. The second-order valence-electron chi connectivity index (χ2n) is 4.47. The zero-order valence-corrected chi connectivity index (χ0v) is 9.48. The summed E-state index contributed by atoms with van der Waals surface area (Å²) >= 11 is 0. The van der Waals surface area contributed by atoms with Crippen molar-refractivity contribution < 1.29 is 9.90 Å². The Morgan fingerprint density at radius 3 is 2.47 bits per heavy atom. The van der Waals surface area contributed by atoms with Gasteiger partial charge in [-0.05, 0) is 45.7 Å². The van der Waals surface area contributed by atoms with E-state index in [1.807, 2.05) is 0 Å². The Labute approximate surface area is 91.4 Å². The predicted molar refractivity (Wildman–Crippen MR) is 59.7 cm³/mol. The molecule has 2 atom stereocenters. The highest BCUT2D eigenvalue weighted by Crippen LogP contribution is 2.15. The number of rotatable bonds is 5. The summed E-state index contributed by atoms with van der Waals surface area (Å²) in [6.45, 7) is 4.48. The maximum atomic E-state index is 10.5. The first-order chi connectivity index (χ1) is 7.11. The lowest BCUT2D eigenvalue weighted by molar-refractivity contribution is -0.138. The van der Waals surface area contributed by atoms with E-state index in [1.54, 1.807) is 0 Å². The van der Waals surface area contributed by atoms with Gasteiger partial charge in [0.15, 0.2) is 0 Å². The molecule has 0 spiro atoms. The normalized spacial score (nSPS) is 22.3. The summed E-state index contributed by atoms with van der Waals surface area (Å²) in [5.74, 6) is -0.888. The van der Waals surface area contributed by atoms with Gasteiger partial charge in [0.05, 0.1) is 0 Å². The highest BCUT2D eigenvalue weighted by Gasteiger charge is 2.19. The van der Waals surface area contributed by atoms with E-state index in [-0.39, 0.29) is 0 Å². The Morgan fingerprint density at radius 2 is 1.93 bits per heavy atom. The molecule has 0 amide bonds. The van der Waals surface area contributed by atoms with E-state index in [1.165, 1.54) is 19.3 Å². The zero-order valence-electron chi connectivity index (χ0n) is 9.48. The number of nitrogens with zero attached hydrogens (tertiary/aromatic N) is 1. The minimum atomic E-state index is -0.888. The van der Waals surface area contributed by atoms with Gasteiger partial charge in [-0.3, -0.25) is 4.79 Å². The molecule has 0 aromatic rings. The van der Waals surface area contributed by atoms with E-state index in [0.717, 1.165) is 19.5 Å². The molecule has 4 nitrogen and oxygen atoms in total. The topological polar surface area (TPSA) is 66.6 Å². The smallest absolute Gasteiger partial charge is 0.320 e. The van der Waals surface area contributed by atoms with Crippen LogP contribution in [0.5, 0.6) is 0 Å². The molecule has 1 heterocycles. The van der Waals surface area contributed by atoms with Crippen LogP contribution < -0.4 is 5.73 Å². The lowest BCUT2D eigenvalue weighted by Crippen LogP contribution is -2.39. The van der Waals surface area contributed by atoms with E-state index >= 15 is 0 Å². The average Bonchev–Trinajstić information content (AvgIpc) is 2.26. The molecule has 0 aliphatic carbocycles. The molecule has 2 unspecified atom stereocenters. The second kappa shape index (κ2) is 6.08. The predicted octanol–water partition coefficient (Wildman–Crippen LogP) is 1.05. The van der Waals surface area contributed by atoms with Gasteiger partial charge in [-0.2, -0.15) is 0 Å². The van der Waals surface area contributed by atoms with Crippen molar-refractivity contribution in [1.82, 2.24) is 4.90 Å². The van der Waals surface area contributed by atoms with Crippen LogP contribution in [0.15, 0.2) is 0 Å². The number of likely N-dealkylation sites (tertiary alicyclic amines) is 1. The molecule has 0 saturated carbocycles. The molecule has 15 heavy (non-hydrogen) atoms. The number of hydrogen-bond donors (Lipinski definition) is 2. The number of aliphatic carboxylic acids is 1. The summed E-state index contributed by atoms with van der Waals surface area (Å²) in [7, 11) is 0. The van der Waals surface area contributed by atoms with Gasteiger partial charge in [0.1, 0.15) is 6.04 Å². The molecule has 1 aliphatic rings. The van der Waals surface area contributed by atoms with Crippen molar-refractivity contribution in [2.45, 2.75) is 51.1 Å². The van der Waals surface area contributed by atoms with Crippen molar-refractivity contribution >= 4 is 5.97 Å². The number of carboxylic acids is 1. The van der Waals surface area contributed by atoms with Crippen LogP contribution in [0.4, 0.5) is 0 Å². The highest BCUT2D eigenvalue weighted by atomic mass is 16.4. The van der Waals surface area contributed by atoms with Crippen molar-refractivity contribution in [3.63, 3.8) is 0 Å². The van der Waals surface area contributed by atoms with Gasteiger partial charge >= 0.3 is 5.97 Å². The van der Waals surface area contributed by atoms with Crippen molar-refractivity contribution in [1.29, 1.82) is 0 Å². The summed E-state index contributed by atoms with van der Waals surface area (Å²) in [4.78, 5) is 13.0. The van der Waals surface area contributed by atoms with E-state index in [2.05, 4.69) is 11.8 Å². The van der Waals surface area contributed by atoms with Crippen LogP contribution in [-0.2, 0) is 4.79 Å². The standard InChI is InChI=1S/C11H22N2O2/c1-9(5-6-10(12)11(14)15)13-7-3-2-4-8-13/h9-10H,2-8,12H2,1H3,(H,14,15). The third-order valence-corrected chi connectivity index (χ3v) is 3.23. The molecule has 0 bridgehead atoms. The SMILES string of the molecule is CC(CCC(N)C(=O)O)N1CCCCC1. The Hall–Kier alpha value is -0.610. The van der Waals surface area contributed by atoms with E-state index in [0.29, 0.717) is 12.5 Å². The van der Waals surface area contributed by atoms with Crippen LogP contribution >= 0.6 is 0 Å². The molecular formula is C11H22N2O2. The van der Waals surface area contributed by atoms with Crippen molar-refractivity contribution in [2.24, 2.45) is 5.73 Å². The fraction of sp³-hybridized carbons (Fsp3) is 0.909. The van der Waals surface area contributed by atoms with Crippen LogP contribution in [0, 0.1) is 0 Å². The maximum Gasteiger partial charge on any atom is 0.320 e. The second-order valence-corrected chi connectivity index (χ2v) is 4.47. The lowest BCUT2D eigenvalue weighted by atomic mass is 10.0. The van der Waals surface area contributed by atoms with Crippen LogP contribution in [0.1, 0.15) is 39.0 Å². The Bertz CT molecular complexity index is 203. The van der Waals surface area contributed by atoms with Gasteiger partial charge in [-0.25, -0.2) is 0 Å². The van der Waals surface area contributed by atoms with E-state index < -0.39 is 12.0 Å². The van der Waals surface area contributed by atoms with Gasteiger partial charge in [-0.15, -0.1) is 0 Å². The molecule has 0 aromatic heterocycles. The Morgan fingerprint density at radius 1 is 1.33 bits per heavy atom. The third-order valence-electron chi connectivity index (χ3n) is 3.23. The summed E-state index contributed by atoms with van der Waals surface area (Å²) in [5, 5.41) is 8.67.